The molecule has 2 unspecified atom stereocenters. The van der Waals surface area contributed by atoms with Gasteiger partial charge < -0.3 is 10.1 Å². The smallest absolute Gasteiger partial charge is 0.0543 e. The summed E-state index contributed by atoms with van der Waals surface area (Å²) in [4.78, 5) is 0. The van der Waals surface area contributed by atoms with Gasteiger partial charge in [-0.1, -0.05) is 52.0 Å². The first-order chi connectivity index (χ1) is 9.38. The zero-order chi connectivity index (χ0) is 15.2. The van der Waals surface area contributed by atoms with Crippen LogP contribution < -0.4 is 5.32 Å². The summed E-state index contributed by atoms with van der Waals surface area (Å²) >= 11 is 0. The van der Waals surface area contributed by atoms with E-state index in [-0.39, 0.29) is 5.41 Å². The Morgan fingerprint density at radius 1 is 1.10 bits per heavy atom. The van der Waals surface area contributed by atoms with Gasteiger partial charge in [0.15, 0.2) is 0 Å². The van der Waals surface area contributed by atoms with Crippen LogP contribution in [0.15, 0.2) is 24.3 Å². The van der Waals surface area contributed by atoms with Crippen molar-refractivity contribution in [3.05, 3.63) is 35.4 Å². The van der Waals surface area contributed by atoms with Crippen molar-refractivity contribution in [3.63, 3.8) is 0 Å². The van der Waals surface area contributed by atoms with Gasteiger partial charge >= 0.3 is 0 Å². The van der Waals surface area contributed by atoms with E-state index in [1.807, 2.05) is 0 Å². The van der Waals surface area contributed by atoms with E-state index in [2.05, 4.69) is 64.2 Å². The molecule has 114 valence electrons. The van der Waals surface area contributed by atoms with E-state index in [4.69, 9.17) is 4.74 Å². The molecule has 0 aliphatic carbocycles. The SMILES string of the molecule is CCNC(CCC(C)OC)c1ccc(C(C)(C)C)cc1. The first-order valence-electron chi connectivity index (χ1n) is 7.75. The quantitative estimate of drug-likeness (QED) is 0.795. The molecule has 0 aliphatic heterocycles. The Labute approximate surface area is 124 Å². The second-order valence-electron chi connectivity index (χ2n) is 6.61. The summed E-state index contributed by atoms with van der Waals surface area (Å²) in [5.74, 6) is 0. The lowest BCUT2D eigenvalue weighted by Gasteiger charge is -2.23. The highest BCUT2D eigenvalue weighted by atomic mass is 16.5. The van der Waals surface area contributed by atoms with E-state index in [9.17, 15) is 0 Å². The van der Waals surface area contributed by atoms with Crippen LogP contribution in [0.2, 0.25) is 0 Å². The zero-order valence-electron chi connectivity index (χ0n) is 14.0. The standard InChI is InChI=1S/C18H31NO/c1-7-19-17(13-8-14(2)20-6)15-9-11-16(12-10-15)18(3,4)5/h9-12,14,17,19H,7-8,13H2,1-6H3. The van der Waals surface area contributed by atoms with Crippen LogP contribution in [0.25, 0.3) is 0 Å². The van der Waals surface area contributed by atoms with Crippen molar-refractivity contribution in [2.24, 2.45) is 0 Å². The van der Waals surface area contributed by atoms with Crippen LogP contribution in [-0.2, 0) is 10.2 Å². The minimum Gasteiger partial charge on any atom is -0.382 e. The third-order valence-corrected chi connectivity index (χ3v) is 3.89. The van der Waals surface area contributed by atoms with Crippen molar-refractivity contribution in [2.75, 3.05) is 13.7 Å². The number of hydrogen-bond donors (Lipinski definition) is 1. The van der Waals surface area contributed by atoms with Gasteiger partial charge in [0.05, 0.1) is 6.10 Å². The highest BCUT2D eigenvalue weighted by Crippen LogP contribution is 2.25. The predicted octanol–water partition coefficient (Wildman–Crippen LogP) is 4.45. The molecule has 0 saturated carbocycles. The predicted molar refractivity (Wildman–Crippen MR) is 87.3 cm³/mol. The van der Waals surface area contributed by atoms with Crippen molar-refractivity contribution in [3.8, 4) is 0 Å². The lowest BCUT2D eigenvalue weighted by molar-refractivity contribution is 0.106. The van der Waals surface area contributed by atoms with Gasteiger partial charge in [-0.2, -0.15) is 0 Å². The highest BCUT2D eigenvalue weighted by Gasteiger charge is 2.16. The van der Waals surface area contributed by atoms with E-state index in [0.29, 0.717) is 12.1 Å². The molecule has 2 nitrogen and oxygen atoms in total. The molecular weight excluding hydrogens is 246 g/mol. The number of nitrogens with one attached hydrogen (secondary N) is 1. The summed E-state index contributed by atoms with van der Waals surface area (Å²) in [5.41, 5.74) is 2.99. The summed E-state index contributed by atoms with van der Waals surface area (Å²) < 4.78 is 5.35. The molecular formula is C18H31NO. The molecule has 2 heteroatoms. The van der Waals surface area contributed by atoms with Crippen LogP contribution in [0.1, 0.15) is 64.6 Å². The van der Waals surface area contributed by atoms with Crippen molar-refractivity contribution >= 4 is 0 Å². The van der Waals surface area contributed by atoms with Gasteiger partial charge in [-0.05, 0) is 42.9 Å². The molecule has 0 spiro atoms. The van der Waals surface area contributed by atoms with Gasteiger partial charge in [0.1, 0.15) is 0 Å². The van der Waals surface area contributed by atoms with Crippen LogP contribution in [0.3, 0.4) is 0 Å². The Balaban J connectivity index is 2.76. The summed E-state index contributed by atoms with van der Waals surface area (Å²) in [6, 6.07) is 9.49. The molecule has 0 heterocycles. The Kier molecular flexibility index (Phi) is 6.70. The molecule has 1 aromatic carbocycles. The van der Waals surface area contributed by atoms with Crippen LogP contribution in [0.5, 0.6) is 0 Å². The summed E-state index contributed by atoms with van der Waals surface area (Å²) in [7, 11) is 1.78. The van der Waals surface area contributed by atoms with E-state index in [1.54, 1.807) is 7.11 Å². The maximum atomic E-state index is 5.35. The van der Waals surface area contributed by atoms with Crippen molar-refractivity contribution in [2.45, 2.75) is 65.0 Å². The second kappa shape index (κ2) is 7.80. The largest absolute Gasteiger partial charge is 0.382 e. The number of ether oxygens (including phenoxy) is 1. The fourth-order valence-corrected chi connectivity index (χ4v) is 2.37. The monoisotopic (exact) mass is 277 g/mol. The van der Waals surface area contributed by atoms with Gasteiger partial charge in [-0.25, -0.2) is 0 Å². The van der Waals surface area contributed by atoms with Gasteiger partial charge in [0.25, 0.3) is 0 Å². The van der Waals surface area contributed by atoms with Gasteiger partial charge in [0.2, 0.25) is 0 Å². The molecule has 0 aliphatic rings. The second-order valence-corrected chi connectivity index (χ2v) is 6.61. The first-order valence-corrected chi connectivity index (χ1v) is 7.75. The molecule has 20 heavy (non-hydrogen) atoms. The molecule has 2 atom stereocenters. The Bertz CT molecular complexity index is 377. The summed E-state index contributed by atoms with van der Waals surface area (Å²) in [5, 5.41) is 3.58. The molecule has 0 bridgehead atoms. The minimum atomic E-state index is 0.219. The fourth-order valence-electron chi connectivity index (χ4n) is 2.37. The summed E-state index contributed by atoms with van der Waals surface area (Å²) in [6.45, 7) is 12.0. The van der Waals surface area contributed by atoms with E-state index in [0.717, 1.165) is 19.4 Å². The molecule has 0 amide bonds. The highest BCUT2D eigenvalue weighted by molar-refractivity contribution is 5.29. The normalized spacial score (nSPS) is 15.1. The molecule has 1 aromatic rings. The third-order valence-electron chi connectivity index (χ3n) is 3.89. The number of methoxy groups -OCH3 is 1. The minimum absolute atomic E-state index is 0.219. The van der Waals surface area contributed by atoms with Crippen LogP contribution in [-0.4, -0.2) is 19.8 Å². The fraction of sp³-hybridized carbons (Fsp3) is 0.667. The lowest BCUT2D eigenvalue weighted by atomic mass is 9.86. The Morgan fingerprint density at radius 2 is 1.70 bits per heavy atom. The third kappa shape index (κ3) is 5.26. The maximum absolute atomic E-state index is 5.35. The van der Waals surface area contributed by atoms with Gasteiger partial charge in [-0.3, -0.25) is 0 Å². The Hall–Kier alpha value is -0.860. The molecule has 0 saturated heterocycles. The van der Waals surface area contributed by atoms with Crippen molar-refractivity contribution in [1.29, 1.82) is 0 Å². The zero-order valence-corrected chi connectivity index (χ0v) is 14.0. The van der Waals surface area contributed by atoms with Crippen LogP contribution in [0.4, 0.5) is 0 Å². The molecule has 1 N–H and O–H groups in total. The number of rotatable bonds is 7. The molecule has 0 radical (unpaired) electrons. The van der Waals surface area contributed by atoms with E-state index < -0.39 is 0 Å². The first kappa shape index (κ1) is 17.2. The maximum Gasteiger partial charge on any atom is 0.0543 e. The Morgan fingerprint density at radius 3 is 2.15 bits per heavy atom. The van der Waals surface area contributed by atoms with E-state index >= 15 is 0 Å². The summed E-state index contributed by atoms with van der Waals surface area (Å²) in [6.07, 6.45) is 2.51. The lowest BCUT2D eigenvalue weighted by Crippen LogP contribution is -2.22. The van der Waals surface area contributed by atoms with Crippen molar-refractivity contribution < 1.29 is 4.74 Å². The van der Waals surface area contributed by atoms with E-state index in [1.165, 1.54) is 11.1 Å². The average Bonchev–Trinajstić information content (AvgIpc) is 2.42. The van der Waals surface area contributed by atoms with Crippen LogP contribution in [0, 0.1) is 0 Å². The van der Waals surface area contributed by atoms with Gasteiger partial charge in [0, 0.05) is 13.2 Å². The molecule has 0 aromatic heterocycles. The van der Waals surface area contributed by atoms with Crippen LogP contribution >= 0.6 is 0 Å². The van der Waals surface area contributed by atoms with Crippen molar-refractivity contribution in [1.82, 2.24) is 5.32 Å². The molecule has 0 fully saturated rings. The number of benzene rings is 1. The molecule has 1 rings (SSSR count). The van der Waals surface area contributed by atoms with Gasteiger partial charge in [-0.15, -0.1) is 0 Å². The average molecular weight is 277 g/mol. The topological polar surface area (TPSA) is 21.3 Å². The number of hydrogen-bond acceptors (Lipinski definition) is 2.